The van der Waals surface area contributed by atoms with Gasteiger partial charge in [0.05, 0.1) is 22.8 Å². The predicted molar refractivity (Wildman–Crippen MR) is 195 cm³/mol. The van der Waals surface area contributed by atoms with Crippen LogP contribution in [0.4, 0.5) is 0 Å². The zero-order valence-electron chi connectivity index (χ0n) is 27.6. The fourth-order valence-electron chi connectivity index (χ4n) is 6.47. The first-order valence-electron chi connectivity index (χ1n) is 16.7. The van der Waals surface area contributed by atoms with E-state index in [2.05, 4.69) is 20.9 Å². The molecule has 1 aliphatic heterocycles. The number of carbonyl (C=O) groups excluding carboxylic acids is 1. The molecule has 0 unspecified atom stereocenters. The first-order chi connectivity index (χ1) is 24.3. The van der Waals surface area contributed by atoms with Gasteiger partial charge < -0.3 is 25.8 Å². The van der Waals surface area contributed by atoms with Crippen LogP contribution < -0.4 is 26.2 Å². The normalized spacial score (nSPS) is 16.5. The van der Waals surface area contributed by atoms with E-state index in [9.17, 15) is 14.7 Å². The summed E-state index contributed by atoms with van der Waals surface area (Å²) in [6.45, 7) is 2.43. The highest BCUT2D eigenvalue weighted by Crippen LogP contribution is 2.44. The molecule has 258 valence electrons. The van der Waals surface area contributed by atoms with Crippen molar-refractivity contribution in [3.8, 4) is 39.4 Å². The molecule has 3 aromatic heterocycles. The van der Waals surface area contributed by atoms with Crippen LogP contribution in [0.2, 0.25) is 10.0 Å². The monoisotopic (exact) mass is 712 g/mol. The molecule has 0 bridgehead atoms. The van der Waals surface area contributed by atoms with E-state index < -0.39 is 0 Å². The number of hydrogen-bond acceptors (Lipinski definition) is 8. The standard InChI is InChI=1S/C38H38Cl2N6O4/c1-50-36-24(17-41-20-26-9-11-33(48)44-26)8-10-31(45-36)30-7-3-6-29(35(30)40)28-5-2-4-27(34(28)39)23-12-15-46-32(16-23)43-19-25(37(46)49)18-42-21-38(22-47)13-14-38/h2-8,10,12,15-16,19,26,41-42,47H,9,11,13-14,17-18,20-22H2,1H3,(H,44,48)/t26-/m1/s1. The van der Waals surface area contributed by atoms with Crippen LogP contribution in [-0.2, 0) is 17.9 Å². The number of nitrogens with one attached hydrogen (secondary N) is 3. The van der Waals surface area contributed by atoms with Crippen LogP contribution in [0.3, 0.4) is 0 Å². The molecule has 0 radical (unpaired) electrons. The lowest BCUT2D eigenvalue weighted by Gasteiger charge is -2.16. The zero-order chi connectivity index (χ0) is 34.8. The molecule has 10 nitrogen and oxygen atoms in total. The third-order valence-electron chi connectivity index (χ3n) is 9.69. The van der Waals surface area contributed by atoms with Crippen LogP contribution >= 0.6 is 23.2 Å². The van der Waals surface area contributed by atoms with Crippen molar-refractivity contribution in [1.29, 1.82) is 0 Å². The summed E-state index contributed by atoms with van der Waals surface area (Å²) in [7, 11) is 1.59. The SMILES string of the molecule is COc1nc(-c2cccc(-c3cccc(-c4ccn5c(=O)c(CNCC6(CO)CC6)cnc5c4)c3Cl)c2Cl)ccc1CNC[C@H]1CCC(=O)N1. The zero-order valence-corrected chi connectivity index (χ0v) is 29.2. The maximum Gasteiger partial charge on any atom is 0.262 e. The second kappa shape index (κ2) is 14.5. The summed E-state index contributed by atoms with van der Waals surface area (Å²) in [5.41, 5.74) is 6.28. The maximum absolute atomic E-state index is 13.2. The Morgan fingerprint density at radius 1 is 0.960 bits per heavy atom. The summed E-state index contributed by atoms with van der Waals surface area (Å²) >= 11 is 14.2. The van der Waals surface area contributed by atoms with E-state index in [0.717, 1.165) is 52.6 Å². The van der Waals surface area contributed by atoms with Crippen LogP contribution in [0.25, 0.3) is 39.2 Å². The summed E-state index contributed by atoms with van der Waals surface area (Å²) in [6.07, 6.45) is 6.73. The fraction of sp³-hybridized carbons (Fsp3) is 0.316. The van der Waals surface area contributed by atoms with E-state index in [-0.39, 0.29) is 29.5 Å². The summed E-state index contributed by atoms with van der Waals surface area (Å²) in [4.78, 5) is 34.1. The Balaban J connectivity index is 1.12. The smallest absolute Gasteiger partial charge is 0.262 e. The van der Waals surface area contributed by atoms with Gasteiger partial charge in [0.25, 0.3) is 5.56 Å². The number of ether oxygens (including phenoxy) is 1. The van der Waals surface area contributed by atoms with Crippen LogP contribution in [0.5, 0.6) is 5.88 Å². The van der Waals surface area contributed by atoms with Gasteiger partial charge in [-0.05, 0) is 43.0 Å². The van der Waals surface area contributed by atoms with Crippen molar-refractivity contribution in [2.24, 2.45) is 5.41 Å². The van der Waals surface area contributed by atoms with Gasteiger partial charge in [-0.25, -0.2) is 9.97 Å². The first-order valence-corrected chi connectivity index (χ1v) is 17.5. The Bertz CT molecular complexity index is 2130. The Morgan fingerprint density at radius 3 is 2.38 bits per heavy atom. The molecule has 2 aliphatic rings. The molecule has 1 amide bonds. The van der Waals surface area contributed by atoms with Crippen LogP contribution in [-0.4, -0.2) is 58.2 Å². The van der Waals surface area contributed by atoms with Gasteiger partial charge in [0, 0.05) is 96.4 Å². The number of benzene rings is 2. The number of carbonyl (C=O) groups is 1. The van der Waals surface area contributed by atoms with Gasteiger partial charge in [-0.2, -0.15) is 0 Å². The number of halogens is 2. The maximum atomic E-state index is 13.2. The number of pyridine rings is 2. The number of fused-ring (bicyclic) bond motifs is 1. The molecular weight excluding hydrogens is 675 g/mol. The lowest BCUT2D eigenvalue weighted by atomic mass is 9.97. The van der Waals surface area contributed by atoms with Crippen molar-refractivity contribution in [1.82, 2.24) is 30.3 Å². The lowest BCUT2D eigenvalue weighted by molar-refractivity contribution is -0.119. The Labute approximate surface area is 299 Å². The van der Waals surface area contributed by atoms with Crippen LogP contribution in [0.15, 0.2) is 77.9 Å². The highest BCUT2D eigenvalue weighted by atomic mass is 35.5. The Hall–Kier alpha value is -4.32. The van der Waals surface area contributed by atoms with Crippen LogP contribution in [0.1, 0.15) is 36.8 Å². The third-order valence-corrected chi connectivity index (χ3v) is 10.5. The molecule has 1 saturated heterocycles. The number of aliphatic hydroxyl groups excluding tert-OH is 1. The molecule has 1 atom stereocenters. The molecule has 7 rings (SSSR count). The van der Waals surface area contributed by atoms with Crippen molar-refractivity contribution >= 4 is 34.8 Å². The second-order valence-corrected chi connectivity index (χ2v) is 13.9. The van der Waals surface area contributed by atoms with Gasteiger partial charge in [0.2, 0.25) is 11.8 Å². The van der Waals surface area contributed by atoms with Crippen molar-refractivity contribution in [3.63, 3.8) is 0 Å². The Morgan fingerprint density at radius 2 is 1.68 bits per heavy atom. The van der Waals surface area contributed by atoms with Crippen molar-refractivity contribution in [2.75, 3.05) is 26.8 Å². The van der Waals surface area contributed by atoms with E-state index in [1.54, 1.807) is 19.5 Å². The minimum Gasteiger partial charge on any atom is -0.481 e. The van der Waals surface area contributed by atoms with E-state index in [1.165, 1.54) is 4.40 Å². The topological polar surface area (TPSA) is 130 Å². The molecule has 5 aromatic rings. The van der Waals surface area contributed by atoms with E-state index in [0.29, 0.717) is 65.4 Å². The lowest BCUT2D eigenvalue weighted by Crippen LogP contribution is -2.35. The molecule has 1 aliphatic carbocycles. The number of aliphatic hydroxyl groups is 1. The predicted octanol–water partition coefficient (Wildman–Crippen LogP) is 5.64. The summed E-state index contributed by atoms with van der Waals surface area (Å²) < 4.78 is 7.18. The number of hydrogen-bond donors (Lipinski definition) is 4. The van der Waals surface area contributed by atoms with Crippen molar-refractivity contribution in [2.45, 2.75) is 44.8 Å². The number of rotatable bonds is 13. The molecule has 50 heavy (non-hydrogen) atoms. The molecule has 4 N–H and O–H groups in total. The summed E-state index contributed by atoms with van der Waals surface area (Å²) in [5.74, 6) is 0.587. The van der Waals surface area contributed by atoms with Gasteiger partial charge in [0.1, 0.15) is 5.65 Å². The quantitative estimate of drug-likeness (QED) is 0.124. The molecule has 12 heteroatoms. The molecule has 2 aromatic carbocycles. The highest BCUT2D eigenvalue weighted by molar-refractivity contribution is 6.39. The Kier molecular flexibility index (Phi) is 9.90. The minimum atomic E-state index is -0.139. The highest BCUT2D eigenvalue weighted by Gasteiger charge is 2.41. The van der Waals surface area contributed by atoms with Gasteiger partial charge >= 0.3 is 0 Å². The van der Waals surface area contributed by atoms with Gasteiger partial charge in [0.15, 0.2) is 0 Å². The van der Waals surface area contributed by atoms with E-state index in [4.69, 9.17) is 32.9 Å². The van der Waals surface area contributed by atoms with Crippen molar-refractivity contribution in [3.05, 3.63) is 105 Å². The largest absolute Gasteiger partial charge is 0.481 e. The second-order valence-electron chi connectivity index (χ2n) is 13.1. The average Bonchev–Trinajstić information content (AvgIpc) is 3.80. The summed E-state index contributed by atoms with van der Waals surface area (Å²) in [5, 5.41) is 20.3. The van der Waals surface area contributed by atoms with Gasteiger partial charge in [-0.1, -0.05) is 65.7 Å². The molecule has 1 saturated carbocycles. The average molecular weight is 714 g/mol. The number of aromatic nitrogens is 3. The molecular formula is C38H38Cl2N6O4. The number of nitrogens with zero attached hydrogens (tertiary/aromatic N) is 3. The molecule has 0 spiro atoms. The van der Waals surface area contributed by atoms with E-state index in [1.807, 2.05) is 60.7 Å². The minimum absolute atomic E-state index is 0.0413. The number of methoxy groups -OCH3 is 1. The van der Waals surface area contributed by atoms with Gasteiger partial charge in [-0.3, -0.25) is 14.0 Å². The van der Waals surface area contributed by atoms with Crippen LogP contribution in [0, 0.1) is 5.41 Å². The van der Waals surface area contributed by atoms with Crippen molar-refractivity contribution < 1.29 is 14.6 Å². The summed E-state index contributed by atoms with van der Waals surface area (Å²) in [6, 6.07) is 19.3. The number of amides is 1. The molecule has 4 heterocycles. The fourth-order valence-corrected chi connectivity index (χ4v) is 7.14. The van der Waals surface area contributed by atoms with Gasteiger partial charge in [-0.15, -0.1) is 0 Å². The molecule has 2 fully saturated rings. The third kappa shape index (κ3) is 6.99. The first kappa shape index (κ1) is 34.1. The van der Waals surface area contributed by atoms with E-state index >= 15 is 0 Å².